The van der Waals surface area contributed by atoms with Crippen LogP contribution in [0.5, 0.6) is 0 Å². The Labute approximate surface area is 131 Å². The standard InChI is InChI=1S/C17H17N5O/c1-8-9-4-3-5-10-11-6-14-13(19-17(23)22(14)2)7-12(11)18-15(10)16(9)21-20-8/h6-7,18H,3-5H2,1-2H3,(H,19,23)(H,20,21). The molecule has 3 aromatic heterocycles. The number of nitrogens with one attached hydrogen (secondary N) is 3. The molecule has 0 saturated heterocycles. The number of H-pyrrole nitrogens is 3. The zero-order valence-electron chi connectivity index (χ0n) is 13.1. The van der Waals surface area contributed by atoms with Crippen molar-refractivity contribution in [3.05, 3.63) is 39.4 Å². The number of aromatic amines is 3. The van der Waals surface area contributed by atoms with E-state index in [0.29, 0.717) is 0 Å². The number of hydrogen-bond donors (Lipinski definition) is 3. The van der Waals surface area contributed by atoms with Gasteiger partial charge in [-0.25, -0.2) is 4.79 Å². The maximum atomic E-state index is 11.8. The first-order valence-electron chi connectivity index (χ1n) is 7.91. The minimum atomic E-state index is -0.0797. The number of rotatable bonds is 0. The second-order valence-electron chi connectivity index (χ2n) is 6.41. The van der Waals surface area contributed by atoms with E-state index in [1.54, 1.807) is 11.6 Å². The van der Waals surface area contributed by atoms with Gasteiger partial charge in [0.05, 0.1) is 16.7 Å². The molecule has 4 aromatic rings. The monoisotopic (exact) mass is 307 g/mol. The van der Waals surface area contributed by atoms with Crippen LogP contribution in [0.3, 0.4) is 0 Å². The Balaban J connectivity index is 1.89. The second-order valence-corrected chi connectivity index (χ2v) is 6.41. The lowest BCUT2D eigenvalue weighted by Crippen LogP contribution is -2.11. The van der Waals surface area contributed by atoms with Crippen molar-refractivity contribution >= 4 is 21.9 Å². The third kappa shape index (κ3) is 1.58. The molecule has 23 heavy (non-hydrogen) atoms. The Kier molecular flexibility index (Phi) is 2.30. The van der Waals surface area contributed by atoms with Crippen molar-refractivity contribution in [3.8, 4) is 11.4 Å². The van der Waals surface area contributed by atoms with Crippen LogP contribution in [0.15, 0.2) is 16.9 Å². The van der Waals surface area contributed by atoms with E-state index in [-0.39, 0.29) is 5.69 Å². The summed E-state index contributed by atoms with van der Waals surface area (Å²) in [5, 5.41) is 8.83. The average Bonchev–Trinajstić information content (AvgIpc) is 3.10. The number of hydrogen-bond acceptors (Lipinski definition) is 2. The summed E-state index contributed by atoms with van der Waals surface area (Å²) in [4.78, 5) is 18.3. The molecule has 0 unspecified atom stereocenters. The van der Waals surface area contributed by atoms with Crippen molar-refractivity contribution in [1.82, 2.24) is 24.7 Å². The summed E-state index contributed by atoms with van der Waals surface area (Å²) in [7, 11) is 1.80. The molecule has 0 atom stereocenters. The summed E-state index contributed by atoms with van der Waals surface area (Å²) in [6, 6.07) is 4.14. The first kappa shape index (κ1) is 12.8. The fourth-order valence-corrected chi connectivity index (χ4v) is 3.84. The molecule has 1 aliphatic carbocycles. The SMILES string of the molecule is Cc1[nH]nc2c1CCCc1c-2[nH]c2cc3[nH]c(=O)n(C)c3cc12. The lowest BCUT2D eigenvalue weighted by atomic mass is 10.1. The van der Waals surface area contributed by atoms with Gasteiger partial charge >= 0.3 is 5.69 Å². The van der Waals surface area contributed by atoms with Crippen molar-refractivity contribution in [2.75, 3.05) is 0 Å². The molecule has 1 aromatic carbocycles. The molecule has 1 aliphatic rings. The van der Waals surface area contributed by atoms with E-state index in [1.165, 1.54) is 16.5 Å². The molecule has 0 saturated carbocycles. The minimum Gasteiger partial charge on any atom is -0.353 e. The molecule has 3 heterocycles. The highest BCUT2D eigenvalue weighted by molar-refractivity contribution is 5.99. The van der Waals surface area contributed by atoms with E-state index in [2.05, 4.69) is 33.2 Å². The van der Waals surface area contributed by atoms with Crippen LogP contribution in [0.1, 0.15) is 23.2 Å². The summed E-state index contributed by atoms with van der Waals surface area (Å²) in [6.07, 6.45) is 3.18. The number of imidazole rings is 1. The fraction of sp³-hybridized carbons (Fsp3) is 0.294. The molecule has 116 valence electrons. The Morgan fingerprint density at radius 3 is 2.83 bits per heavy atom. The third-order valence-electron chi connectivity index (χ3n) is 5.09. The lowest BCUT2D eigenvalue weighted by Gasteiger charge is -1.99. The van der Waals surface area contributed by atoms with E-state index in [4.69, 9.17) is 0 Å². The van der Waals surface area contributed by atoms with Gasteiger partial charge in [-0.3, -0.25) is 9.67 Å². The number of fused-ring (bicyclic) bond motifs is 6. The van der Waals surface area contributed by atoms with Crippen LogP contribution in [0.2, 0.25) is 0 Å². The van der Waals surface area contributed by atoms with E-state index in [1.807, 2.05) is 6.07 Å². The molecule has 0 aliphatic heterocycles. The molecular formula is C17H17N5O. The summed E-state index contributed by atoms with van der Waals surface area (Å²) < 4.78 is 1.66. The number of aromatic nitrogens is 5. The van der Waals surface area contributed by atoms with Crippen molar-refractivity contribution in [1.29, 1.82) is 0 Å². The van der Waals surface area contributed by atoms with Crippen molar-refractivity contribution in [2.24, 2.45) is 7.05 Å². The molecule has 6 nitrogen and oxygen atoms in total. The van der Waals surface area contributed by atoms with Gasteiger partial charge in [0.1, 0.15) is 5.69 Å². The molecular weight excluding hydrogens is 290 g/mol. The number of benzene rings is 1. The quantitative estimate of drug-likeness (QED) is 0.466. The third-order valence-corrected chi connectivity index (χ3v) is 5.09. The van der Waals surface area contributed by atoms with Crippen LogP contribution in [0.25, 0.3) is 33.3 Å². The Bertz CT molecular complexity index is 1140. The van der Waals surface area contributed by atoms with E-state index in [0.717, 1.165) is 52.9 Å². The summed E-state index contributed by atoms with van der Waals surface area (Å²) >= 11 is 0. The zero-order chi connectivity index (χ0) is 15.7. The predicted octanol–water partition coefficient (Wildman–Crippen LogP) is 2.54. The van der Waals surface area contributed by atoms with Gasteiger partial charge in [-0.05, 0) is 43.9 Å². The first-order valence-corrected chi connectivity index (χ1v) is 7.91. The van der Waals surface area contributed by atoms with Crippen LogP contribution >= 0.6 is 0 Å². The van der Waals surface area contributed by atoms with Gasteiger partial charge in [-0.1, -0.05) is 0 Å². The summed E-state index contributed by atoms with van der Waals surface area (Å²) in [5.74, 6) is 0. The molecule has 3 N–H and O–H groups in total. The highest BCUT2D eigenvalue weighted by Gasteiger charge is 2.23. The Hall–Kier alpha value is -2.76. The first-order chi connectivity index (χ1) is 11.1. The molecule has 6 heteroatoms. The van der Waals surface area contributed by atoms with Gasteiger partial charge in [-0.2, -0.15) is 5.10 Å². The van der Waals surface area contributed by atoms with Crippen molar-refractivity contribution in [3.63, 3.8) is 0 Å². The molecule has 5 rings (SSSR count). The van der Waals surface area contributed by atoms with E-state index < -0.39 is 0 Å². The predicted molar refractivity (Wildman–Crippen MR) is 89.7 cm³/mol. The highest BCUT2D eigenvalue weighted by Crippen LogP contribution is 2.37. The smallest absolute Gasteiger partial charge is 0.326 e. The van der Waals surface area contributed by atoms with Crippen molar-refractivity contribution < 1.29 is 0 Å². The van der Waals surface area contributed by atoms with Gasteiger partial charge in [-0.15, -0.1) is 0 Å². The van der Waals surface area contributed by atoms with Gasteiger partial charge in [0.15, 0.2) is 0 Å². The van der Waals surface area contributed by atoms with Gasteiger partial charge in [0.25, 0.3) is 0 Å². The minimum absolute atomic E-state index is 0.0797. The number of aryl methyl sites for hydroxylation is 3. The van der Waals surface area contributed by atoms with Crippen LogP contribution in [0, 0.1) is 6.92 Å². The molecule has 0 spiro atoms. The largest absolute Gasteiger partial charge is 0.353 e. The van der Waals surface area contributed by atoms with Gasteiger partial charge in [0.2, 0.25) is 0 Å². The van der Waals surface area contributed by atoms with E-state index >= 15 is 0 Å². The highest BCUT2D eigenvalue weighted by atomic mass is 16.1. The molecule has 0 bridgehead atoms. The maximum Gasteiger partial charge on any atom is 0.326 e. The molecule has 0 amide bonds. The maximum absolute atomic E-state index is 11.8. The van der Waals surface area contributed by atoms with Gasteiger partial charge in [0, 0.05) is 29.2 Å². The Morgan fingerprint density at radius 1 is 1.13 bits per heavy atom. The summed E-state index contributed by atoms with van der Waals surface area (Å²) in [6.45, 7) is 2.08. The summed E-state index contributed by atoms with van der Waals surface area (Å²) in [5.41, 5.74) is 8.71. The molecule has 0 radical (unpaired) electrons. The normalized spacial score (nSPS) is 14.2. The van der Waals surface area contributed by atoms with E-state index in [9.17, 15) is 4.79 Å². The van der Waals surface area contributed by atoms with Crippen LogP contribution in [-0.4, -0.2) is 24.7 Å². The van der Waals surface area contributed by atoms with Crippen LogP contribution in [-0.2, 0) is 19.9 Å². The second kappa shape index (κ2) is 4.16. The molecule has 0 fully saturated rings. The zero-order valence-corrected chi connectivity index (χ0v) is 13.1. The fourth-order valence-electron chi connectivity index (χ4n) is 3.84. The van der Waals surface area contributed by atoms with Crippen molar-refractivity contribution in [2.45, 2.75) is 26.2 Å². The number of nitrogens with zero attached hydrogens (tertiary/aromatic N) is 2. The van der Waals surface area contributed by atoms with Crippen LogP contribution in [0.4, 0.5) is 0 Å². The van der Waals surface area contributed by atoms with Gasteiger partial charge < -0.3 is 9.97 Å². The van der Waals surface area contributed by atoms with Crippen LogP contribution < -0.4 is 5.69 Å². The Morgan fingerprint density at radius 2 is 1.96 bits per heavy atom. The average molecular weight is 307 g/mol. The lowest BCUT2D eigenvalue weighted by molar-refractivity contribution is 0.832. The topological polar surface area (TPSA) is 82.3 Å².